The highest BCUT2D eigenvalue weighted by atomic mass is 35.5. The van der Waals surface area contributed by atoms with Gasteiger partial charge in [0.25, 0.3) is 11.7 Å². The summed E-state index contributed by atoms with van der Waals surface area (Å²) in [5.41, 5.74) is 1.19. The van der Waals surface area contributed by atoms with Gasteiger partial charge in [-0.3, -0.25) is 9.59 Å². The van der Waals surface area contributed by atoms with Crippen LogP contribution in [0.2, 0.25) is 5.02 Å². The molecule has 6 heteroatoms. The second-order valence-electron chi connectivity index (χ2n) is 6.42. The first-order valence-corrected chi connectivity index (χ1v) is 9.05. The van der Waals surface area contributed by atoms with Crippen LogP contribution < -0.4 is 0 Å². The second-order valence-corrected chi connectivity index (χ2v) is 6.86. The van der Waals surface area contributed by atoms with E-state index in [1.54, 1.807) is 36.4 Å². The van der Waals surface area contributed by atoms with E-state index in [-0.39, 0.29) is 17.9 Å². The van der Waals surface area contributed by atoms with Crippen molar-refractivity contribution >= 4 is 29.1 Å². The van der Waals surface area contributed by atoms with Crippen LogP contribution in [-0.4, -0.2) is 21.7 Å². The number of carbonyl (C=O) groups excluding carboxylic acids is 2. The fraction of sp³-hybridized carbons (Fsp3) is 0.0909. The predicted molar refractivity (Wildman–Crippen MR) is 104 cm³/mol. The molecule has 1 aliphatic heterocycles. The van der Waals surface area contributed by atoms with Gasteiger partial charge in [0.1, 0.15) is 11.5 Å². The number of halogens is 1. The molecule has 0 saturated carbocycles. The zero-order valence-electron chi connectivity index (χ0n) is 14.7. The van der Waals surface area contributed by atoms with Gasteiger partial charge < -0.3 is 14.4 Å². The normalized spacial score (nSPS) is 18.6. The second kappa shape index (κ2) is 7.37. The number of hydrogen-bond donors (Lipinski definition) is 1. The van der Waals surface area contributed by atoms with Crippen molar-refractivity contribution in [1.29, 1.82) is 0 Å². The molecule has 1 aliphatic rings. The fourth-order valence-electron chi connectivity index (χ4n) is 3.36. The lowest BCUT2D eigenvalue weighted by Gasteiger charge is -2.24. The molecular formula is C22H16ClNO4. The molecule has 5 nitrogen and oxygen atoms in total. The molecule has 3 aromatic rings. The Morgan fingerprint density at radius 1 is 1.00 bits per heavy atom. The summed E-state index contributed by atoms with van der Waals surface area (Å²) in [7, 11) is 0. The number of furan rings is 1. The Bertz CT molecular complexity index is 1040. The van der Waals surface area contributed by atoms with Gasteiger partial charge in [-0.25, -0.2) is 0 Å². The van der Waals surface area contributed by atoms with E-state index in [2.05, 4.69) is 0 Å². The Hall–Kier alpha value is -3.31. The first-order valence-electron chi connectivity index (χ1n) is 8.68. The third-order valence-electron chi connectivity index (χ3n) is 4.68. The summed E-state index contributed by atoms with van der Waals surface area (Å²) in [5, 5.41) is 11.4. The fourth-order valence-corrected chi connectivity index (χ4v) is 3.48. The van der Waals surface area contributed by atoms with E-state index in [1.807, 2.05) is 30.3 Å². The molecule has 1 atom stereocenters. The monoisotopic (exact) mass is 393 g/mol. The molecule has 1 saturated heterocycles. The van der Waals surface area contributed by atoms with Gasteiger partial charge in [0.15, 0.2) is 0 Å². The quantitative estimate of drug-likeness (QED) is 0.401. The minimum atomic E-state index is -0.729. The predicted octanol–water partition coefficient (Wildman–Crippen LogP) is 4.55. The first kappa shape index (κ1) is 18.1. The number of nitrogens with zero attached hydrogens (tertiary/aromatic N) is 1. The minimum Gasteiger partial charge on any atom is -0.507 e. The van der Waals surface area contributed by atoms with Crippen LogP contribution >= 0.6 is 11.6 Å². The smallest absolute Gasteiger partial charge is 0.296 e. The number of rotatable bonds is 4. The summed E-state index contributed by atoms with van der Waals surface area (Å²) in [4.78, 5) is 27.0. The minimum absolute atomic E-state index is 0.0464. The van der Waals surface area contributed by atoms with Crippen LogP contribution in [0.1, 0.15) is 22.9 Å². The summed E-state index contributed by atoms with van der Waals surface area (Å²) >= 11 is 5.92. The van der Waals surface area contributed by atoms with Crippen molar-refractivity contribution in [2.75, 3.05) is 0 Å². The van der Waals surface area contributed by atoms with Crippen molar-refractivity contribution in [1.82, 2.24) is 4.90 Å². The molecule has 28 heavy (non-hydrogen) atoms. The lowest BCUT2D eigenvalue weighted by Crippen LogP contribution is -2.29. The van der Waals surface area contributed by atoms with E-state index in [0.717, 1.165) is 5.56 Å². The summed E-state index contributed by atoms with van der Waals surface area (Å²) in [6, 6.07) is 18.3. The standard InChI is InChI=1S/C22H16ClNO4/c23-16-10-8-15(9-11-16)20(25)18-19(14-5-2-1-3-6-14)24(22(27)21(18)26)13-17-7-4-12-28-17/h1-12,19,25H,13H2/t19-/m1/s1. The highest BCUT2D eigenvalue weighted by Gasteiger charge is 2.46. The third kappa shape index (κ3) is 3.21. The van der Waals surface area contributed by atoms with Crippen LogP contribution in [-0.2, 0) is 16.1 Å². The lowest BCUT2D eigenvalue weighted by atomic mass is 9.95. The van der Waals surface area contributed by atoms with Crippen LogP contribution in [0.15, 0.2) is 83.0 Å². The Balaban J connectivity index is 1.85. The van der Waals surface area contributed by atoms with Crippen LogP contribution in [0.25, 0.3) is 5.76 Å². The number of aliphatic hydroxyl groups excluding tert-OH is 1. The van der Waals surface area contributed by atoms with Crippen molar-refractivity contribution in [3.63, 3.8) is 0 Å². The van der Waals surface area contributed by atoms with Gasteiger partial charge in [0.05, 0.1) is 24.4 Å². The molecule has 0 spiro atoms. The maximum Gasteiger partial charge on any atom is 0.296 e. The van der Waals surface area contributed by atoms with Crippen LogP contribution in [0.4, 0.5) is 0 Å². The summed E-state index contributed by atoms with van der Waals surface area (Å²) in [6.45, 7) is 0.120. The van der Waals surface area contributed by atoms with Crippen molar-refractivity contribution in [2.45, 2.75) is 12.6 Å². The maximum absolute atomic E-state index is 12.8. The average Bonchev–Trinajstić information content (AvgIpc) is 3.31. The first-order chi connectivity index (χ1) is 13.6. The number of carbonyl (C=O) groups is 2. The van der Waals surface area contributed by atoms with Gasteiger partial charge in [-0.1, -0.05) is 41.9 Å². The molecule has 0 unspecified atom stereocenters. The summed E-state index contributed by atoms with van der Waals surface area (Å²) in [6.07, 6.45) is 1.51. The molecule has 0 aliphatic carbocycles. The number of Topliss-reactive ketones (excluding diaryl/α,β-unsaturated/α-hetero) is 1. The number of benzene rings is 2. The summed E-state index contributed by atoms with van der Waals surface area (Å²) in [5.74, 6) is -1.09. The van der Waals surface area contributed by atoms with Gasteiger partial charge in [0, 0.05) is 10.6 Å². The lowest BCUT2D eigenvalue weighted by molar-refractivity contribution is -0.140. The Labute approximate surface area is 166 Å². The molecule has 0 radical (unpaired) electrons. The largest absolute Gasteiger partial charge is 0.507 e. The van der Waals surface area contributed by atoms with Gasteiger partial charge in [-0.2, -0.15) is 0 Å². The highest BCUT2D eigenvalue weighted by Crippen LogP contribution is 2.40. The molecular weight excluding hydrogens is 378 g/mol. The van der Waals surface area contributed by atoms with E-state index in [9.17, 15) is 14.7 Å². The molecule has 0 bridgehead atoms. The van der Waals surface area contributed by atoms with Crippen LogP contribution in [0.3, 0.4) is 0 Å². The molecule has 140 valence electrons. The van der Waals surface area contributed by atoms with Gasteiger partial charge in [-0.05, 0) is 42.0 Å². The molecule has 1 fully saturated rings. The Morgan fingerprint density at radius 3 is 2.36 bits per heavy atom. The van der Waals surface area contributed by atoms with Crippen LogP contribution in [0, 0.1) is 0 Å². The molecule has 2 aromatic carbocycles. The van der Waals surface area contributed by atoms with Crippen molar-refractivity contribution in [3.05, 3.63) is 100 Å². The molecule has 4 rings (SSSR count). The molecule has 2 heterocycles. The Kier molecular flexibility index (Phi) is 4.75. The van der Waals surface area contributed by atoms with Crippen molar-refractivity contribution in [2.24, 2.45) is 0 Å². The molecule has 1 N–H and O–H groups in total. The van der Waals surface area contributed by atoms with Gasteiger partial charge in [0.2, 0.25) is 0 Å². The van der Waals surface area contributed by atoms with E-state index < -0.39 is 17.7 Å². The van der Waals surface area contributed by atoms with Gasteiger partial charge in [-0.15, -0.1) is 0 Å². The zero-order chi connectivity index (χ0) is 19.7. The van der Waals surface area contributed by atoms with Crippen molar-refractivity contribution < 1.29 is 19.1 Å². The van der Waals surface area contributed by atoms with Gasteiger partial charge >= 0.3 is 0 Å². The highest BCUT2D eigenvalue weighted by molar-refractivity contribution is 6.46. The maximum atomic E-state index is 12.8. The third-order valence-corrected chi connectivity index (χ3v) is 4.93. The van der Waals surface area contributed by atoms with E-state index in [1.165, 1.54) is 11.2 Å². The number of ketones is 1. The van der Waals surface area contributed by atoms with Crippen molar-refractivity contribution in [3.8, 4) is 0 Å². The summed E-state index contributed by atoms with van der Waals surface area (Å²) < 4.78 is 5.36. The molecule has 1 aromatic heterocycles. The molecule has 1 amide bonds. The topological polar surface area (TPSA) is 70.8 Å². The van der Waals surface area contributed by atoms with Crippen LogP contribution in [0.5, 0.6) is 0 Å². The SMILES string of the molecule is O=C1C(=O)N(Cc2ccco2)[C@H](c2ccccc2)C1=C(O)c1ccc(Cl)cc1. The zero-order valence-corrected chi connectivity index (χ0v) is 15.5. The van der Waals surface area contributed by atoms with E-state index >= 15 is 0 Å². The number of amides is 1. The van der Waals surface area contributed by atoms with E-state index in [0.29, 0.717) is 16.3 Å². The Morgan fingerprint density at radius 2 is 1.71 bits per heavy atom. The number of hydrogen-bond acceptors (Lipinski definition) is 4. The van der Waals surface area contributed by atoms with E-state index in [4.69, 9.17) is 16.0 Å². The number of likely N-dealkylation sites (tertiary alicyclic amines) is 1. The average molecular weight is 394 g/mol. The number of aliphatic hydroxyl groups is 1.